The molecule has 3 aliphatic rings. The summed E-state index contributed by atoms with van der Waals surface area (Å²) in [7, 11) is 0. The number of carbonyl (C=O) groups is 3. The van der Waals surface area contributed by atoms with Crippen molar-refractivity contribution in [3.05, 3.63) is 24.3 Å². The maximum absolute atomic E-state index is 13.1. The van der Waals surface area contributed by atoms with E-state index in [-0.39, 0.29) is 24.3 Å². The van der Waals surface area contributed by atoms with E-state index < -0.39 is 11.6 Å². The van der Waals surface area contributed by atoms with Gasteiger partial charge in [-0.25, -0.2) is 4.79 Å². The fourth-order valence-electron chi connectivity index (χ4n) is 5.07. The lowest BCUT2D eigenvalue weighted by Crippen LogP contribution is -2.55. The first-order valence-corrected chi connectivity index (χ1v) is 11.3. The minimum atomic E-state index is -0.822. The van der Waals surface area contributed by atoms with Gasteiger partial charge in [0.1, 0.15) is 17.8 Å². The van der Waals surface area contributed by atoms with Crippen molar-refractivity contribution in [2.24, 2.45) is 5.92 Å². The molecule has 4 amide bonds. The number of rotatable bonds is 5. The van der Waals surface area contributed by atoms with E-state index in [1.807, 2.05) is 38.1 Å². The lowest BCUT2D eigenvalue weighted by atomic mass is 9.73. The van der Waals surface area contributed by atoms with E-state index in [9.17, 15) is 14.4 Å². The average molecular weight is 429 g/mol. The molecular formula is C23H32N4O4. The van der Waals surface area contributed by atoms with Gasteiger partial charge in [-0.15, -0.1) is 0 Å². The molecule has 4 rings (SSSR count). The number of imide groups is 1. The Morgan fingerprint density at radius 1 is 1.16 bits per heavy atom. The molecule has 1 aromatic carbocycles. The summed E-state index contributed by atoms with van der Waals surface area (Å²) in [6, 6.07) is 7.48. The number of urea groups is 1. The highest BCUT2D eigenvalue weighted by molar-refractivity contribution is 6.09. The minimum Gasteiger partial charge on any atom is -0.492 e. The summed E-state index contributed by atoms with van der Waals surface area (Å²) in [5.41, 5.74) is 0.205. The van der Waals surface area contributed by atoms with Crippen LogP contribution in [0.25, 0.3) is 0 Å². The molecule has 1 aromatic rings. The Kier molecular flexibility index (Phi) is 6.07. The van der Waals surface area contributed by atoms with Crippen LogP contribution in [0.2, 0.25) is 0 Å². The third-order valence-corrected chi connectivity index (χ3v) is 6.93. The Morgan fingerprint density at radius 3 is 2.61 bits per heavy atom. The molecule has 0 bridgehead atoms. The topological polar surface area (TPSA) is 82.2 Å². The summed E-state index contributed by atoms with van der Waals surface area (Å²) in [5.74, 6) is 0.520. The standard InChI is InChI=1S/C23H32N4O4/c1-3-31-19-10-5-4-9-18(19)25-12-14-26(15-13-25)20(28)16-27-21(29)23(24-22(27)30)11-7-6-8-17(23)2/h4-5,9-10,17H,3,6-8,11-16H2,1-2H3,(H,24,30)/t17-,23+/m1/s1. The van der Waals surface area contributed by atoms with Crippen molar-refractivity contribution in [1.82, 2.24) is 15.1 Å². The molecule has 8 nitrogen and oxygen atoms in total. The quantitative estimate of drug-likeness (QED) is 0.728. The Bertz CT molecular complexity index is 852. The predicted molar refractivity (Wildman–Crippen MR) is 117 cm³/mol. The molecule has 0 aromatic heterocycles. The molecule has 2 aliphatic heterocycles. The first kappa shape index (κ1) is 21.5. The third-order valence-electron chi connectivity index (χ3n) is 6.93. The first-order chi connectivity index (χ1) is 15.0. The van der Waals surface area contributed by atoms with Crippen LogP contribution < -0.4 is 15.0 Å². The Labute approximate surface area is 183 Å². The van der Waals surface area contributed by atoms with Gasteiger partial charge in [0.05, 0.1) is 12.3 Å². The number of para-hydroxylation sites is 2. The summed E-state index contributed by atoms with van der Waals surface area (Å²) >= 11 is 0. The lowest BCUT2D eigenvalue weighted by Gasteiger charge is -2.38. The summed E-state index contributed by atoms with van der Waals surface area (Å²) < 4.78 is 5.73. The molecule has 1 aliphatic carbocycles. The number of hydrogen-bond acceptors (Lipinski definition) is 5. The van der Waals surface area contributed by atoms with Crippen LogP contribution in [-0.2, 0) is 9.59 Å². The normalized spacial score (nSPS) is 26.4. The highest BCUT2D eigenvalue weighted by atomic mass is 16.5. The van der Waals surface area contributed by atoms with E-state index in [1.54, 1.807) is 4.90 Å². The van der Waals surface area contributed by atoms with Crippen LogP contribution in [0.5, 0.6) is 5.75 Å². The summed E-state index contributed by atoms with van der Waals surface area (Å²) in [6.07, 6.45) is 3.56. The highest BCUT2D eigenvalue weighted by Gasteiger charge is 2.55. The number of hydrogen-bond donors (Lipinski definition) is 1. The molecule has 3 fully saturated rings. The molecule has 1 saturated carbocycles. The number of amides is 4. The van der Waals surface area contributed by atoms with E-state index in [4.69, 9.17) is 4.74 Å². The molecule has 31 heavy (non-hydrogen) atoms. The van der Waals surface area contributed by atoms with Gasteiger partial charge in [0.25, 0.3) is 5.91 Å². The number of ether oxygens (including phenoxy) is 1. The largest absolute Gasteiger partial charge is 0.492 e. The molecule has 1 spiro atoms. The molecule has 2 heterocycles. The third kappa shape index (κ3) is 3.95. The van der Waals surface area contributed by atoms with Gasteiger partial charge < -0.3 is 19.9 Å². The van der Waals surface area contributed by atoms with Crippen LogP contribution in [0.15, 0.2) is 24.3 Å². The van der Waals surface area contributed by atoms with E-state index in [1.165, 1.54) is 0 Å². The molecule has 0 radical (unpaired) electrons. The van der Waals surface area contributed by atoms with Crippen LogP contribution in [-0.4, -0.2) is 72.5 Å². The zero-order valence-electron chi connectivity index (χ0n) is 18.4. The van der Waals surface area contributed by atoms with E-state index in [2.05, 4.69) is 10.2 Å². The van der Waals surface area contributed by atoms with Gasteiger partial charge in [-0.3, -0.25) is 14.5 Å². The van der Waals surface area contributed by atoms with Crippen molar-refractivity contribution < 1.29 is 19.1 Å². The average Bonchev–Trinajstić information content (AvgIpc) is 3.01. The summed E-state index contributed by atoms with van der Waals surface area (Å²) in [4.78, 5) is 43.7. The van der Waals surface area contributed by atoms with Crippen LogP contribution in [0.4, 0.5) is 10.5 Å². The minimum absolute atomic E-state index is 0.0896. The fourth-order valence-corrected chi connectivity index (χ4v) is 5.07. The SMILES string of the molecule is CCOc1ccccc1N1CCN(C(=O)CN2C(=O)N[C@]3(CCCC[C@H]3C)C2=O)CC1. The fraction of sp³-hybridized carbons (Fsp3) is 0.609. The van der Waals surface area contributed by atoms with Gasteiger partial charge >= 0.3 is 6.03 Å². The molecule has 2 saturated heterocycles. The number of benzene rings is 1. The molecule has 0 unspecified atom stereocenters. The van der Waals surface area contributed by atoms with Crippen LogP contribution in [0.1, 0.15) is 39.5 Å². The van der Waals surface area contributed by atoms with E-state index in [0.717, 1.165) is 35.6 Å². The van der Waals surface area contributed by atoms with E-state index in [0.29, 0.717) is 39.2 Å². The predicted octanol–water partition coefficient (Wildman–Crippen LogP) is 2.23. The molecule has 168 valence electrons. The maximum atomic E-state index is 13.1. The van der Waals surface area contributed by atoms with Crippen LogP contribution in [0.3, 0.4) is 0 Å². The van der Waals surface area contributed by atoms with Crippen molar-refractivity contribution in [3.8, 4) is 5.75 Å². The number of carbonyl (C=O) groups excluding carboxylic acids is 3. The molecular weight excluding hydrogens is 396 g/mol. The van der Waals surface area contributed by atoms with Gasteiger partial charge in [-0.2, -0.15) is 0 Å². The molecule has 8 heteroatoms. The van der Waals surface area contributed by atoms with Gasteiger partial charge in [0, 0.05) is 26.2 Å². The van der Waals surface area contributed by atoms with Crippen molar-refractivity contribution in [1.29, 1.82) is 0 Å². The number of nitrogens with zero attached hydrogens (tertiary/aromatic N) is 3. The number of anilines is 1. The van der Waals surface area contributed by atoms with Gasteiger partial charge in [0.15, 0.2) is 0 Å². The smallest absolute Gasteiger partial charge is 0.325 e. The lowest BCUT2D eigenvalue weighted by molar-refractivity contribution is -0.140. The van der Waals surface area contributed by atoms with Gasteiger partial charge in [-0.1, -0.05) is 31.9 Å². The zero-order chi connectivity index (χ0) is 22.0. The Hall–Kier alpha value is -2.77. The number of piperazine rings is 1. The van der Waals surface area contributed by atoms with Crippen molar-refractivity contribution >= 4 is 23.5 Å². The second-order valence-corrected chi connectivity index (χ2v) is 8.71. The van der Waals surface area contributed by atoms with Gasteiger partial charge in [-0.05, 0) is 37.8 Å². The number of nitrogens with one attached hydrogen (secondary N) is 1. The van der Waals surface area contributed by atoms with E-state index >= 15 is 0 Å². The summed E-state index contributed by atoms with van der Waals surface area (Å²) in [5, 5.41) is 2.92. The first-order valence-electron chi connectivity index (χ1n) is 11.3. The van der Waals surface area contributed by atoms with Gasteiger partial charge in [0.2, 0.25) is 5.91 Å². The Morgan fingerprint density at radius 2 is 1.90 bits per heavy atom. The monoisotopic (exact) mass is 428 g/mol. The van der Waals surface area contributed by atoms with Crippen LogP contribution >= 0.6 is 0 Å². The molecule has 1 N–H and O–H groups in total. The van der Waals surface area contributed by atoms with Crippen LogP contribution in [0, 0.1) is 5.92 Å². The summed E-state index contributed by atoms with van der Waals surface area (Å²) in [6.45, 7) is 6.84. The second kappa shape index (κ2) is 8.77. The molecule has 2 atom stereocenters. The second-order valence-electron chi connectivity index (χ2n) is 8.71. The highest BCUT2D eigenvalue weighted by Crippen LogP contribution is 2.38. The van der Waals surface area contributed by atoms with Crippen molar-refractivity contribution in [2.45, 2.75) is 45.1 Å². The van der Waals surface area contributed by atoms with Crippen molar-refractivity contribution in [3.63, 3.8) is 0 Å². The Balaban J connectivity index is 1.37. The van der Waals surface area contributed by atoms with Crippen molar-refractivity contribution in [2.75, 3.05) is 44.2 Å². The maximum Gasteiger partial charge on any atom is 0.325 e. The zero-order valence-corrected chi connectivity index (χ0v) is 18.4.